The number of benzene rings is 3. The molecule has 0 spiro atoms. The predicted molar refractivity (Wildman–Crippen MR) is 112 cm³/mol. The molecule has 0 saturated carbocycles. The zero-order valence-electron chi connectivity index (χ0n) is 15.8. The summed E-state index contributed by atoms with van der Waals surface area (Å²) >= 11 is 0. The summed E-state index contributed by atoms with van der Waals surface area (Å²) in [7, 11) is -2.28. The Bertz CT molecular complexity index is 1050. The molecule has 1 amide bonds. The molecule has 0 fully saturated rings. The number of carbonyl (C=O) groups is 1. The highest BCUT2D eigenvalue weighted by Gasteiger charge is 2.23. The Morgan fingerprint density at radius 2 is 1.39 bits per heavy atom. The number of hydrogen-bond donors (Lipinski definition) is 0. The lowest BCUT2D eigenvalue weighted by Crippen LogP contribution is -2.31. The second-order valence-corrected chi connectivity index (χ2v) is 8.19. The summed E-state index contributed by atoms with van der Waals surface area (Å²) in [5, 5.41) is 0. The van der Waals surface area contributed by atoms with Gasteiger partial charge in [0.1, 0.15) is 0 Å². The van der Waals surface area contributed by atoms with E-state index in [9.17, 15) is 13.2 Å². The average Bonchev–Trinajstić information content (AvgIpc) is 2.75. The fourth-order valence-electron chi connectivity index (χ4n) is 2.93. The number of anilines is 2. The van der Waals surface area contributed by atoms with Crippen LogP contribution in [-0.4, -0.2) is 27.9 Å². The van der Waals surface area contributed by atoms with E-state index in [2.05, 4.69) is 0 Å². The molecule has 0 heterocycles. The monoisotopic (exact) mass is 394 g/mol. The minimum Gasteiger partial charge on any atom is -0.309 e. The number of amides is 1. The molecule has 0 aliphatic rings. The van der Waals surface area contributed by atoms with Crippen molar-refractivity contribution in [2.75, 3.05) is 22.8 Å². The van der Waals surface area contributed by atoms with Crippen LogP contribution in [0.5, 0.6) is 0 Å². The summed E-state index contributed by atoms with van der Waals surface area (Å²) in [6, 6.07) is 24.3. The van der Waals surface area contributed by atoms with Crippen molar-refractivity contribution < 1.29 is 13.2 Å². The average molecular weight is 394 g/mol. The van der Waals surface area contributed by atoms with Crippen LogP contribution in [0.4, 0.5) is 11.4 Å². The summed E-state index contributed by atoms with van der Waals surface area (Å²) < 4.78 is 27.2. The van der Waals surface area contributed by atoms with E-state index in [0.29, 0.717) is 17.8 Å². The first-order valence-corrected chi connectivity index (χ1v) is 10.4. The number of carbonyl (C=O) groups excluding carboxylic acids is 1. The van der Waals surface area contributed by atoms with Crippen LogP contribution in [-0.2, 0) is 10.0 Å². The van der Waals surface area contributed by atoms with Gasteiger partial charge in [-0.1, -0.05) is 42.5 Å². The van der Waals surface area contributed by atoms with E-state index >= 15 is 0 Å². The molecule has 0 bridgehead atoms. The SMILES string of the molecule is CCN(C(=O)c1cccc(S(=O)(=O)N(C)c2ccccc2)c1)c1ccccc1. The highest BCUT2D eigenvalue weighted by atomic mass is 32.2. The third-order valence-electron chi connectivity index (χ3n) is 4.49. The molecule has 28 heavy (non-hydrogen) atoms. The molecule has 5 nitrogen and oxygen atoms in total. The van der Waals surface area contributed by atoms with Gasteiger partial charge in [0.2, 0.25) is 0 Å². The van der Waals surface area contributed by atoms with Gasteiger partial charge < -0.3 is 4.90 Å². The highest BCUT2D eigenvalue weighted by Crippen LogP contribution is 2.23. The molecule has 0 N–H and O–H groups in total. The molecule has 6 heteroatoms. The van der Waals surface area contributed by atoms with E-state index in [1.807, 2.05) is 43.3 Å². The summed E-state index contributed by atoms with van der Waals surface area (Å²) in [5.74, 6) is -0.242. The first-order chi connectivity index (χ1) is 13.4. The fraction of sp³-hybridized carbons (Fsp3) is 0.136. The maximum Gasteiger partial charge on any atom is 0.264 e. The molecule has 0 radical (unpaired) electrons. The Labute approximate surface area is 165 Å². The summed E-state index contributed by atoms with van der Waals surface area (Å²) in [5.41, 5.74) is 1.65. The van der Waals surface area contributed by atoms with Crippen molar-refractivity contribution in [3.63, 3.8) is 0 Å². The lowest BCUT2D eigenvalue weighted by Gasteiger charge is -2.22. The molecule has 144 valence electrons. The van der Waals surface area contributed by atoms with Crippen LogP contribution in [0.1, 0.15) is 17.3 Å². The Balaban J connectivity index is 1.94. The molecule has 3 aromatic rings. The lowest BCUT2D eigenvalue weighted by atomic mass is 10.2. The molecular weight excluding hydrogens is 372 g/mol. The van der Waals surface area contributed by atoms with Crippen molar-refractivity contribution in [3.05, 3.63) is 90.5 Å². The second kappa shape index (κ2) is 8.27. The molecule has 0 aliphatic carbocycles. The molecule has 3 rings (SSSR count). The van der Waals surface area contributed by atoms with E-state index in [-0.39, 0.29) is 10.8 Å². The van der Waals surface area contributed by atoms with Gasteiger partial charge in [0.15, 0.2) is 0 Å². The lowest BCUT2D eigenvalue weighted by molar-refractivity contribution is 0.0988. The van der Waals surface area contributed by atoms with Crippen LogP contribution in [0.3, 0.4) is 0 Å². The van der Waals surface area contributed by atoms with Crippen molar-refractivity contribution in [1.82, 2.24) is 0 Å². The van der Waals surface area contributed by atoms with Crippen LogP contribution in [0, 0.1) is 0 Å². The van der Waals surface area contributed by atoms with E-state index in [4.69, 9.17) is 0 Å². The third kappa shape index (κ3) is 3.92. The molecule has 0 unspecified atom stereocenters. The first-order valence-electron chi connectivity index (χ1n) is 8.96. The van der Waals surface area contributed by atoms with Gasteiger partial charge in [-0.05, 0) is 49.4 Å². The van der Waals surface area contributed by atoms with Crippen LogP contribution in [0.15, 0.2) is 89.8 Å². The second-order valence-electron chi connectivity index (χ2n) is 6.22. The van der Waals surface area contributed by atoms with Crippen molar-refractivity contribution in [2.45, 2.75) is 11.8 Å². The fourth-order valence-corrected chi connectivity index (χ4v) is 4.17. The van der Waals surface area contributed by atoms with Gasteiger partial charge in [-0.25, -0.2) is 8.42 Å². The van der Waals surface area contributed by atoms with Crippen molar-refractivity contribution in [2.24, 2.45) is 0 Å². The largest absolute Gasteiger partial charge is 0.309 e. The van der Waals surface area contributed by atoms with Gasteiger partial charge in [0, 0.05) is 24.8 Å². The van der Waals surface area contributed by atoms with Crippen LogP contribution >= 0.6 is 0 Å². The Morgan fingerprint density at radius 1 is 0.821 bits per heavy atom. The number of rotatable bonds is 6. The minimum absolute atomic E-state index is 0.0776. The quantitative estimate of drug-likeness (QED) is 0.630. The van der Waals surface area contributed by atoms with E-state index in [0.717, 1.165) is 5.69 Å². The van der Waals surface area contributed by atoms with Gasteiger partial charge in [-0.3, -0.25) is 9.10 Å². The number of hydrogen-bond acceptors (Lipinski definition) is 3. The normalized spacial score (nSPS) is 11.1. The van der Waals surface area contributed by atoms with Gasteiger partial charge in [-0.15, -0.1) is 0 Å². The molecule has 0 atom stereocenters. The predicted octanol–water partition coefficient (Wildman–Crippen LogP) is 4.18. The maximum atomic E-state index is 13.0. The Hall–Kier alpha value is -3.12. The first kappa shape index (κ1) is 19.6. The summed E-state index contributed by atoms with van der Waals surface area (Å²) in [6.45, 7) is 2.36. The van der Waals surface area contributed by atoms with Gasteiger partial charge >= 0.3 is 0 Å². The topological polar surface area (TPSA) is 57.7 Å². The highest BCUT2D eigenvalue weighted by molar-refractivity contribution is 7.92. The molecule has 0 aromatic heterocycles. The number of para-hydroxylation sites is 2. The summed E-state index contributed by atoms with van der Waals surface area (Å²) in [4.78, 5) is 14.7. The van der Waals surface area contributed by atoms with Crippen molar-refractivity contribution in [1.29, 1.82) is 0 Å². The van der Waals surface area contributed by atoms with Crippen molar-refractivity contribution in [3.8, 4) is 0 Å². The Kier molecular flexibility index (Phi) is 5.80. The molecule has 0 saturated heterocycles. The number of sulfonamides is 1. The van der Waals surface area contributed by atoms with Crippen molar-refractivity contribution >= 4 is 27.3 Å². The molecule has 3 aromatic carbocycles. The third-order valence-corrected chi connectivity index (χ3v) is 6.27. The van der Waals surface area contributed by atoms with Gasteiger partial charge in [0.05, 0.1) is 10.6 Å². The molecule has 0 aliphatic heterocycles. The van der Waals surface area contributed by atoms with Crippen LogP contribution in [0.25, 0.3) is 0 Å². The zero-order chi connectivity index (χ0) is 20.1. The summed E-state index contributed by atoms with van der Waals surface area (Å²) in [6.07, 6.45) is 0. The minimum atomic E-state index is -3.78. The maximum absolute atomic E-state index is 13.0. The standard InChI is InChI=1S/C22H22N2O3S/c1-3-24(20-14-8-5-9-15-20)22(25)18-11-10-16-21(17-18)28(26,27)23(2)19-12-6-4-7-13-19/h4-17H,3H2,1-2H3. The Morgan fingerprint density at radius 3 is 1.96 bits per heavy atom. The van der Waals surface area contributed by atoms with Crippen LogP contribution < -0.4 is 9.21 Å². The molecular formula is C22H22N2O3S. The van der Waals surface area contributed by atoms with Gasteiger partial charge in [0.25, 0.3) is 15.9 Å². The van der Waals surface area contributed by atoms with Gasteiger partial charge in [-0.2, -0.15) is 0 Å². The van der Waals surface area contributed by atoms with E-state index in [1.165, 1.54) is 23.5 Å². The number of nitrogens with zero attached hydrogens (tertiary/aromatic N) is 2. The van der Waals surface area contributed by atoms with Crippen LogP contribution in [0.2, 0.25) is 0 Å². The smallest absolute Gasteiger partial charge is 0.264 e. The van der Waals surface area contributed by atoms with E-state index < -0.39 is 10.0 Å². The van der Waals surface area contributed by atoms with E-state index in [1.54, 1.807) is 41.3 Å². The zero-order valence-corrected chi connectivity index (χ0v) is 16.6.